The first-order valence-corrected chi connectivity index (χ1v) is 7.60. The van der Waals surface area contributed by atoms with E-state index in [-0.39, 0.29) is 5.78 Å². The zero-order chi connectivity index (χ0) is 15.3. The minimum Gasteiger partial charge on any atom is -0.293 e. The monoisotopic (exact) mass is 318 g/mol. The fourth-order valence-corrected chi connectivity index (χ4v) is 3.08. The standard InChI is InChI=1S/C18H16Cl2O/c1-2-18(16(20)13-19,15-11-7-4-8-12-15)17(21)14-9-5-3-6-10-14/h3-13H,2H2,1H3/b16-13+. The van der Waals surface area contributed by atoms with Crippen LogP contribution in [0.4, 0.5) is 0 Å². The van der Waals surface area contributed by atoms with E-state index >= 15 is 0 Å². The highest BCUT2D eigenvalue weighted by Gasteiger charge is 2.41. The smallest absolute Gasteiger partial charge is 0.178 e. The molecule has 0 bridgehead atoms. The molecule has 21 heavy (non-hydrogen) atoms. The molecule has 1 nitrogen and oxygen atoms in total. The first-order chi connectivity index (χ1) is 10.2. The number of allylic oxidation sites excluding steroid dienone is 1. The lowest BCUT2D eigenvalue weighted by Gasteiger charge is -2.31. The van der Waals surface area contributed by atoms with Gasteiger partial charge in [0.05, 0.1) is 5.41 Å². The maximum absolute atomic E-state index is 13.1. The van der Waals surface area contributed by atoms with Crippen LogP contribution in [0, 0.1) is 0 Å². The zero-order valence-electron chi connectivity index (χ0n) is 11.7. The molecule has 0 saturated heterocycles. The number of carbonyl (C=O) groups is 1. The van der Waals surface area contributed by atoms with Crippen molar-refractivity contribution in [2.75, 3.05) is 0 Å². The van der Waals surface area contributed by atoms with Crippen molar-refractivity contribution < 1.29 is 4.79 Å². The average molecular weight is 319 g/mol. The quantitative estimate of drug-likeness (QED) is 0.662. The van der Waals surface area contributed by atoms with E-state index in [0.29, 0.717) is 17.0 Å². The minimum atomic E-state index is -0.939. The molecular formula is C18H16Cl2O. The van der Waals surface area contributed by atoms with Crippen molar-refractivity contribution in [3.8, 4) is 0 Å². The molecule has 0 spiro atoms. The van der Waals surface area contributed by atoms with Crippen LogP contribution in [0.5, 0.6) is 0 Å². The number of ketones is 1. The summed E-state index contributed by atoms with van der Waals surface area (Å²) >= 11 is 12.2. The van der Waals surface area contributed by atoms with Gasteiger partial charge in [-0.3, -0.25) is 4.79 Å². The van der Waals surface area contributed by atoms with Crippen LogP contribution in [-0.4, -0.2) is 5.78 Å². The SMILES string of the molecule is CCC(C(=O)c1ccccc1)(/C(Cl)=C\Cl)c1ccccc1. The maximum atomic E-state index is 13.1. The number of halogens is 2. The summed E-state index contributed by atoms with van der Waals surface area (Å²) in [5.74, 6) is -0.0429. The summed E-state index contributed by atoms with van der Waals surface area (Å²) < 4.78 is 0. The highest BCUT2D eigenvalue weighted by Crippen LogP contribution is 2.41. The molecule has 0 aliphatic carbocycles. The van der Waals surface area contributed by atoms with Crippen molar-refractivity contribution in [2.24, 2.45) is 0 Å². The molecule has 0 amide bonds. The zero-order valence-corrected chi connectivity index (χ0v) is 13.2. The Morgan fingerprint density at radius 3 is 2.05 bits per heavy atom. The van der Waals surface area contributed by atoms with Gasteiger partial charge in [-0.25, -0.2) is 0 Å². The van der Waals surface area contributed by atoms with Crippen LogP contribution in [0.2, 0.25) is 0 Å². The third-order valence-corrected chi connectivity index (χ3v) is 4.49. The Balaban J connectivity index is 2.64. The molecule has 2 aromatic rings. The number of carbonyl (C=O) groups excluding carboxylic acids is 1. The van der Waals surface area contributed by atoms with Crippen LogP contribution in [0.3, 0.4) is 0 Å². The van der Waals surface area contributed by atoms with E-state index < -0.39 is 5.41 Å². The molecule has 2 aromatic carbocycles. The van der Waals surface area contributed by atoms with Crippen LogP contribution in [0.1, 0.15) is 29.3 Å². The van der Waals surface area contributed by atoms with Gasteiger partial charge in [0.2, 0.25) is 0 Å². The summed E-state index contributed by atoms with van der Waals surface area (Å²) in [7, 11) is 0. The summed E-state index contributed by atoms with van der Waals surface area (Å²) in [4.78, 5) is 13.1. The van der Waals surface area contributed by atoms with Gasteiger partial charge in [-0.05, 0) is 12.0 Å². The maximum Gasteiger partial charge on any atom is 0.178 e. The number of hydrogen-bond donors (Lipinski definition) is 0. The van der Waals surface area contributed by atoms with Crippen molar-refractivity contribution >= 4 is 29.0 Å². The minimum absolute atomic E-state index is 0.0429. The van der Waals surface area contributed by atoms with Gasteiger partial charge in [-0.15, -0.1) is 0 Å². The van der Waals surface area contributed by atoms with E-state index in [1.165, 1.54) is 5.54 Å². The lowest BCUT2D eigenvalue weighted by atomic mass is 9.72. The lowest BCUT2D eigenvalue weighted by molar-refractivity contribution is 0.0910. The van der Waals surface area contributed by atoms with Crippen LogP contribution < -0.4 is 0 Å². The third-order valence-electron chi connectivity index (χ3n) is 3.72. The van der Waals surface area contributed by atoms with E-state index in [2.05, 4.69) is 0 Å². The lowest BCUT2D eigenvalue weighted by Crippen LogP contribution is -2.36. The fourth-order valence-electron chi connectivity index (χ4n) is 2.56. The number of Topliss-reactive ketones (excluding diaryl/α,β-unsaturated/α-hetero) is 1. The summed E-state index contributed by atoms with van der Waals surface area (Å²) in [5, 5.41) is 0.340. The van der Waals surface area contributed by atoms with Gasteiger partial charge in [0.15, 0.2) is 5.78 Å². The van der Waals surface area contributed by atoms with Crippen molar-refractivity contribution in [1.29, 1.82) is 0 Å². The van der Waals surface area contributed by atoms with E-state index in [0.717, 1.165) is 5.56 Å². The second-order valence-electron chi connectivity index (χ2n) is 4.78. The average Bonchev–Trinajstić information content (AvgIpc) is 2.57. The van der Waals surface area contributed by atoms with E-state index in [9.17, 15) is 4.79 Å². The molecule has 0 radical (unpaired) electrons. The third kappa shape index (κ3) is 2.90. The number of rotatable bonds is 5. The van der Waals surface area contributed by atoms with E-state index in [1.54, 1.807) is 12.1 Å². The molecule has 0 N–H and O–H groups in total. The molecule has 0 heterocycles. The van der Waals surface area contributed by atoms with Gasteiger partial charge >= 0.3 is 0 Å². The molecule has 0 fully saturated rings. The Kier molecular flexibility index (Phi) is 5.22. The Bertz CT molecular complexity index is 635. The predicted molar refractivity (Wildman–Crippen MR) is 89.0 cm³/mol. The van der Waals surface area contributed by atoms with Crippen LogP contribution in [0.25, 0.3) is 0 Å². The summed E-state index contributed by atoms with van der Waals surface area (Å²) in [5.41, 5.74) is 1.83. The molecule has 0 aliphatic heterocycles. The Morgan fingerprint density at radius 1 is 1.05 bits per heavy atom. The van der Waals surface area contributed by atoms with E-state index in [1.807, 2.05) is 55.5 Å². The Hall–Kier alpha value is -1.57. The van der Waals surface area contributed by atoms with Gasteiger partial charge in [-0.1, -0.05) is 90.8 Å². The molecule has 3 heteroatoms. The van der Waals surface area contributed by atoms with Gasteiger partial charge in [0.1, 0.15) is 0 Å². The summed E-state index contributed by atoms with van der Waals surface area (Å²) in [6, 6.07) is 18.7. The van der Waals surface area contributed by atoms with Crippen molar-refractivity contribution in [3.63, 3.8) is 0 Å². The molecule has 108 valence electrons. The Labute approximate surface area is 135 Å². The highest BCUT2D eigenvalue weighted by molar-refractivity contribution is 6.39. The van der Waals surface area contributed by atoms with Gasteiger partial charge in [0.25, 0.3) is 0 Å². The number of hydrogen-bond acceptors (Lipinski definition) is 1. The Morgan fingerprint density at radius 2 is 1.57 bits per heavy atom. The van der Waals surface area contributed by atoms with Crippen molar-refractivity contribution in [2.45, 2.75) is 18.8 Å². The van der Waals surface area contributed by atoms with Crippen LogP contribution >= 0.6 is 23.2 Å². The second kappa shape index (κ2) is 6.93. The van der Waals surface area contributed by atoms with Gasteiger partial charge in [0, 0.05) is 16.1 Å². The molecule has 0 aromatic heterocycles. The topological polar surface area (TPSA) is 17.1 Å². The van der Waals surface area contributed by atoms with Gasteiger partial charge in [-0.2, -0.15) is 0 Å². The van der Waals surface area contributed by atoms with Gasteiger partial charge < -0.3 is 0 Å². The largest absolute Gasteiger partial charge is 0.293 e. The molecular weight excluding hydrogens is 303 g/mol. The summed E-state index contributed by atoms with van der Waals surface area (Å²) in [6.07, 6.45) is 0.535. The molecule has 0 saturated carbocycles. The normalized spacial score (nSPS) is 14.5. The van der Waals surface area contributed by atoms with Crippen LogP contribution in [-0.2, 0) is 5.41 Å². The van der Waals surface area contributed by atoms with E-state index in [4.69, 9.17) is 23.2 Å². The molecule has 1 atom stereocenters. The first kappa shape index (κ1) is 15.8. The van der Waals surface area contributed by atoms with Crippen molar-refractivity contribution in [3.05, 3.63) is 82.4 Å². The predicted octanol–water partition coefficient (Wildman–Crippen LogP) is 5.54. The molecule has 0 aliphatic rings. The van der Waals surface area contributed by atoms with Crippen molar-refractivity contribution in [1.82, 2.24) is 0 Å². The fraction of sp³-hybridized carbons (Fsp3) is 0.167. The van der Waals surface area contributed by atoms with Crippen LogP contribution in [0.15, 0.2) is 71.2 Å². The summed E-state index contributed by atoms with van der Waals surface area (Å²) in [6.45, 7) is 1.94. The highest BCUT2D eigenvalue weighted by atomic mass is 35.5. The first-order valence-electron chi connectivity index (χ1n) is 6.78. The second-order valence-corrected chi connectivity index (χ2v) is 5.40. The molecule has 1 unspecified atom stereocenters. The number of benzene rings is 2. The molecule has 2 rings (SSSR count).